The van der Waals surface area contributed by atoms with Crippen LogP contribution in [-0.4, -0.2) is 47.1 Å². The number of nitrogens with one attached hydrogen (secondary N) is 2. The third-order valence-corrected chi connectivity index (χ3v) is 5.29. The Kier molecular flexibility index (Phi) is 5.67. The van der Waals surface area contributed by atoms with Crippen LogP contribution >= 0.6 is 0 Å². The van der Waals surface area contributed by atoms with Crippen LogP contribution in [0.5, 0.6) is 0 Å². The van der Waals surface area contributed by atoms with Gasteiger partial charge in [-0.1, -0.05) is 0 Å². The molecule has 1 amide bonds. The summed E-state index contributed by atoms with van der Waals surface area (Å²) in [6, 6.07) is 2.78. The second kappa shape index (κ2) is 7.91. The normalized spacial score (nSPS) is 23.2. The molecule has 2 aliphatic heterocycles. The zero-order valence-electron chi connectivity index (χ0n) is 15.5. The van der Waals surface area contributed by atoms with Crippen molar-refractivity contribution in [3.63, 3.8) is 0 Å². The molecular formula is C18H18F4N6O2. The summed E-state index contributed by atoms with van der Waals surface area (Å²) in [5.74, 6) is -5.80. The Hall–Kier alpha value is -3.20. The second-order valence-electron chi connectivity index (χ2n) is 7.09. The average Bonchev–Trinajstić information content (AvgIpc) is 2.69. The zero-order valence-corrected chi connectivity index (χ0v) is 15.5. The van der Waals surface area contributed by atoms with Crippen molar-refractivity contribution in [2.75, 3.05) is 18.0 Å². The first-order valence-electron chi connectivity index (χ1n) is 8.99. The lowest BCUT2D eigenvalue weighted by molar-refractivity contribution is -0.192. The minimum absolute atomic E-state index is 0.270. The fourth-order valence-electron chi connectivity index (χ4n) is 3.74. The number of carbonyl (C=O) groups excluding carboxylic acids is 1. The third kappa shape index (κ3) is 3.93. The summed E-state index contributed by atoms with van der Waals surface area (Å²) in [5.41, 5.74) is 4.66. The summed E-state index contributed by atoms with van der Waals surface area (Å²) in [5, 5.41) is 28.8. The number of carbonyl (C=O) groups is 1. The third-order valence-electron chi connectivity index (χ3n) is 5.29. The van der Waals surface area contributed by atoms with Gasteiger partial charge in [0.2, 0.25) is 0 Å². The van der Waals surface area contributed by atoms with E-state index < -0.39 is 52.9 Å². The minimum Gasteiger partial charge on any atom is -0.385 e. The van der Waals surface area contributed by atoms with Gasteiger partial charge < -0.3 is 26.5 Å². The lowest BCUT2D eigenvalue weighted by Crippen LogP contribution is -2.54. The van der Waals surface area contributed by atoms with Gasteiger partial charge in [0.05, 0.1) is 11.9 Å². The molecule has 1 aromatic rings. The van der Waals surface area contributed by atoms with Gasteiger partial charge >= 0.3 is 6.18 Å². The van der Waals surface area contributed by atoms with E-state index in [1.165, 1.54) is 6.20 Å². The van der Waals surface area contributed by atoms with Crippen LogP contribution in [0.3, 0.4) is 0 Å². The molecule has 2 atom stereocenters. The highest BCUT2D eigenvalue weighted by Crippen LogP contribution is 2.40. The van der Waals surface area contributed by atoms with E-state index in [-0.39, 0.29) is 18.5 Å². The largest absolute Gasteiger partial charge is 0.398 e. The van der Waals surface area contributed by atoms with Crippen LogP contribution in [0, 0.1) is 34.4 Å². The highest BCUT2D eigenvalue weighted by molar-refractivity contribution is 6.03. The molecule has 3 rings (SSSR count). The van der Waals surface area contributed by atoms with Gasteiger partial charge in [-0.15, -0.1) is 0 Å². The van der Waals surface area contributed by atoms with Crippen LogP contribution in [0.2, 0.25) is 0 Å². The van der Waals surface area contributed by atoms with Gasteiger partial charge in [0.25, 0.3) is 5.91 Å². The Balaban J connectivity index is 1.77. The molecule has 1 saturated heterocycles. The summed E-state index contributed by atoms with van der Waals surface area (Å²) < 4.78 is 54.3. The molecule has 0 radical (unpaired) electrons. The number of piperidine rings is 1. The Morgan fingerprint density at radius 2 is 2.03 bits per heavy atom. The van der Waals surface area contributed by atoms with Crippen LogP contribution in [0.15, 0.2) is 23.7 Å². The van der Waals surface area contributed by atoms with Gasteiger partial charge in [0, 0.05) is 36.4 Å². The van der Waals surface area contributed by atoms with Crippen LogP contribution < -0.4 is 16.0 Å². The van der Waals surface area contributed by atoms with Gasteiger partial charge in [-0.2, -0.15) is 18.4 Å². The maximum absolute atomic E-state index is 13.8. The van der Waals surface area contributed by atoms with Crippen molar-refractivity contribution in [1.29, 1.82) is 10.7 Å². The van der Waals surface area contributed by atoms with Crippen molar-refractivity contribution in [3.8, 4) is 6.07 Å². The van der Waals surface area contributed by atoms with Gasteiger partial charge in [-0.05, 0) is 12.8 Å². The molecule has 3 heterocycles. The summed E-state index contributed by atoms with van der Waals surface area (Å²) in [4.78, 5) is 17.0. The first-order chi connectivity index (χ1) is 14.0. The van der Waals surface area contributed by atoms with Crippen molar-refractivity contribution >= 4 is 17.3 Å². The molecule has 0 aliphatic carbocycles. The molecule has 8 nitrogen and oxygen atoms in total. The maximum atomic E-state index is 13.8. The smallest absolute Gasteiger partial charge is 0.385 e. The Bertz CT molecular complexity index is 947. The lowest BCUT2D eigenvalue weighted by Gasteiger charge is -2.37. The number of nitrogens with zero attached hydrogens (tertiary/aromatic N) is 3. The van der Waals surface area contributed by atoms with Crippen LogP contribution in [0.25, 0.3) is 0 Å². The number of pyridine rings is 1. The minimum atomic E-state index is -4.96. The van der Waals surface area contributed by atoms with Gasteiger partial charge in [-0.25, -0.2) is 9.37 Å². The number of aliphatic hydroxyl groups is 1. The van der Waals surface area contributed by atoms with Crippen molar-refractivity contribution in [2.45, 2.75) is 25.1 Å². The fraction of sp³-hybridized carbons (Fsp3) is 0.444. The van der Waals surface area contributed by atoms with Gasteiger partial charge in [-0.3, -0.25) is 4.79 Å². The molecule has 0 saturated carbocycles. The maximum Gasteiger partial charge on any atom is 0.398 e. The highest BCUT2D eigenvalue weighted by Gasteiger charge is 2.53. The predicted molar refractivity (Wildman–Crippen MR) is 96.5 cm³/mol. The number of hydrogen-bond donors (Lipinski definition) is 4. The fourth-order valence-corrected chi connectivity index (χ4v) is 3.74. The van der Waals surface area contributed by atoms with Gasteiger partial charge in [0.1, 0.15) is 23.9 Å². The molecule has 1 aromatic heterocycles. The summed E-state index contributed by atoms with van der Waals surface area (Å²) >= 11 is 0. The average molecular weight is 426 g/mol. The first-order valence-corrected chi connectivity index (χ1v) is 8.99. The van der Waals surface area contributed by atoms with E-state index in [1.54, 1.807) is 11.0 Å². The quantitative estimate of drug-likeness (QED) is 0.423. The van der Waals surface area contributed by atoms with Crippen LogP contribution in [0.4, 0.5) is 23.2 Å². The molecule has 12 heteroatoms. The molecule has 30 heavy (non-hydrogen) atoms. The first kappa shape index (κ1) is 21.5. The highest BCUT2D eigenvalue weighted by atomic mass is 19.4. The summed E-state index contributed by atoms with van der Waals surface area (Å²) in [6.45, 7) is 0.609. The molecule has 0 bridgehead atoms. The van der Waals surface area contributed by atoms with E-state index in [0.717, 1.165) is 6.07 Å². The molecule has 0 unspecified atom stereocenters. The van der Waals surface area contributed by atoms with Crippen LogP contribution in [-0.2, 0) is 4.79 Å². The Morgan fingerprint density at radius 3 is 2.57 bits per heavy atom. The summed E-state index contributed by atoms with van der Waals surface area (Å²) in [6.07, 6.45) is -5.48. The monoisotopic (exact) mass is 426 g/mol. The number of halogens is 4. The zero-order chi connectivity index (χ0) is 22.2. The van der Waals surface area contributed by atoms with E-state index in [4.69, 9.17) is 16.4 Å². The second-order valence-corrected chi connectivity index (χ2v) is 7.09. The number of hydrogen-bond acceptors (Lipinski definition) is 7. The van der Waals surface area contributed by atoms with Crippen molar-refractivity contribution in [2.24, 2.45) is 17.6 Å². The number of aliphatic hydroxyl groups excluding tert-OH is 1. The summed E-state index contributed by atoms with van der Waals surface area (Å²) in [7, 11) is 0. The van der Waals surface area contributed by atoms with E-state index in [2.05, 4.69) is 4.98 Å². The number of alkyl halides is 3. The number of amides is 1. The Morgan fingerprint density at radius 1 is 1.40 bits per heavy atom. The SMILES string of the molecule is N#Cc1ncc(N2CCC(C(=N)C3=C(N)NC(=O)[C@H](O)[C@@H]3C(F)(F)F)CC2)cc1F. The lowest BCUT2D eigenvalue weighted by atomic mass is 9.79. The number of nitriles is 1. The topological polar surface area (TPSA) is 139 Å². The molecular weight excluding hydrogens is 408 g/mol. The number of anilines is 1. The number of nitrogens with two attached hydrogens (primary N) is 1. The number of rotatable bonds is 3. The number of aromatic nitrogens is 1. The van der Waals surface area contributed by atoms with Crippen molar-refractivity contribution in [1.82, 2.24) is 10.3 Å². The molecule has 1 fully saturated rings. The molecule has 5 N–H and O–H groups in total. The van der Waals surface area contributed by atoms with E-state index in [1.807, 2.05) is 5.32 Å². The van der Waals surface area contributed by atoms with E-state index in [0.29, 0.717) is 18.8 Å². The molecule has 160 valence electrons. The van der Waals surface area contributed by atoms with E-state index in [9.17, 15) is 27.5 Å². The van der Waals surface area contributed by atoms with Crippen molar-refractivity contribution < 1.29 is 27.5 Å². The predicted octanol–water partition coefficient (Wildman–Crippen LogP) is 1.17. The standard InChI is InChI=1S/C18H18F4N6O2/c19-10-5-9(7-26-11(10)6-23)28-3-1-8(2-4-28)14(24)12-13(18(20,21)22)15(29)17(30)27-16(12)25/h5,7-8,13,15,24,29H,1-4,25H2,(H,27,30)/t13-,15-/m1/s1. The van der Waals surface area contributed by atoms with Crippen LogP contribution in [0.1, 0.15) is 18.5 Å². The van der Waals surface area contributed by atoms with E-state index >= 15 is 0 Å². The molecule has 0 spiro atoms. The molecule has 0 aromatic carbocycles. The van der Waals surface area contributed by atoms with Crippen molar-refractivity contribution in [3.05, 3.63) is 35.2 Å². The van der Waals surface area contributed by atoms with Gasteiger partial charge in [0.15, 0.2) is 11.5 Å². The Labute approximate surface area is 168 Å². The molecule has 2 aliphatic rings.